The number of primary amides is 1. The van der Waals surface area contributed by atoms with E-state index in [0.717, 1.165) is 11.1 Å². The van der Waals surface area contributed by atoms with Crippen LogP contribution in [0.3, 0.4) is 0 Å². The van der Waals surface area contributed by atoms with Crippen LogP contribution in [0.2, 0.25) is 0 Å². The second-order valence-electron chi connectivity index (χ2n) is 8.13. The number of hydrogen-bond acceptors (Lipinski definition) is 5. The van der Waals surface area contributed by atoms with Crippen LogP contribution >= 0.6 is 0 Å². The molecule has 4 N–H and O–H groups in total. The molecule has 3 aromatic rings. The molecular weight excluding hydrogens is 401 g/mol. The Morgan fingerprint density at radius 1 is 1.06 bits per heavy atom. The minimum atomic E-state index is -0.640. The van der Waals surface area contributed by atoms with Crippen LogP contribution in [0.15, 0.2) is 47.1 Å². The van der Waals surface area contributed by atoms with Crippen LogP contribution in [0.5, 0.6) is 0 Å². The van der Waals surface area contributed by atoms with E-state index in [1.807, 2.05) is 20.8 Å². The first-order chi connectivity index (χ1) is 14.6. The van der Waals surface area contributed by atoms with E-state index in [9.17, 15) is 14.0 Å². The summed E-state index contributed by atoms with van der Waals surface area (Å²) >= 11 is 0. The van der Waals surface area contributed by atoms with Gasteiger partial charge in [-0.3, -0.25) is 15.1 Å². The van der Waals surface area contributed by atoms with Crippen LogP contribution in [0.4, 0.5) is 20.8 Å². The normalized spacial score (nSPS) is 11.2. The summed E-state index contributed by atoms with van der Waals surface area (Å²) in [4.78, 5) is 27.3. The Hall–Kier alpha value is -3.75. The Morgan fingerprint density at radius 3 is 2.39 bits per heavy atom. The first-order valence-corrected chi connectivity index (χ1v) is 9.70. The summed E-state index contributed by atoms with van der Waals surface area (Å²) in [5.41, 5.74) is 7.54. The fourth-order valence-electron chi connectivity index (χ4n) is 2.82. The van der Waals surface area contributed by atoms with E-state index in [-0.39, 0.29) is 22.7 Å². The van der Waals surface area contributed by atoms with E-state index in [2.05, 4.69) is 20.8 Å². The molecule has 162 valence electrons. The number of carbonyl (C=O) groups is 2. The van der Waals surface area contributed by atoms with Gasteiger partial charge in [-0.05, 0) is 48.2 Å². The van der Waals surface area contributed by atoms with Crippen molar-refractivity contribution in [3.63, 3.8) is 0 Å². The smallest absolute Gasteiger partial charge is 0.326 e. The number of rotatable bonds is 6. The standard InChI is InChI=1S/C22H24FN5O3/c1-22(2,3)18-12-19(31-28-18)27-21(30)26-16-7-6-13(10-15(16)23)4-5-14-8-9-25-17(11-14)20(24)29/h6-12H,4-5H2,1-3H3,(H2,24,29)(H2,26,27,30). The van der Waals surface area contributed by atoms with Crippen molar-refractivity contribution >= 4 is 23.5 Å². The molecule has 0 aliphatic rings. The van der Waals surface area contributed by atoms with Gasteiger partial charge in [0.25, 0.3) is 5.91 Å². The highest BCUT2D eigenvalue weighted by Crippen LogP contribution is 2.24. The van der Waals surface area contributed by atoms with Gasteiger partial charge >= 0.3 is 6.03 Å². The molecule has 2 aromatic heterocycles. The first-order valence-electron chi connectivity index (χ1n) is 9.70. The number of hydrogen-bond donors (Lipinski definition) is 3. The molecule has 0 saturated heterocycles. The van der Waals surface area contributed by atoms with Crippen LogP contribution in [0.25, 0.3) is 0 Å². The molecule has 0 aliphatic heterocycles. The Bertz CT molecular complexity index is 1100. The van der Waals surface area contributed by atoms with Gasteiger partial charge in [-0.2, -0.15) is 0 Å². The van der Waals surface area contributed by atoms with Crippen molar-refractivity contribution < 1.29 is 18.5 Å². The highest BCUT2D eigenvalue weighted by Gasteiger charge is 2.20. The summed E-state index contributed by atoms with van der Waals surface area (Å²) < 4.78 is 19.6. The van der Waals surface area contributed by atoms with Crippen molar-refractivity contribution in [3.05, 3.63) is 70.9 Å². The number of pyridine rings is 1. The van der Waals surface area contributed by atoms with E-state index >= 15 is 0 Å². The number of aryl methyl sites for hydroxylation is 2. The molecule has 3 amide bonds. The van der Waals surface area contributed by atoms with Gasteiger partial charge in [0, 0.05) is 17.7 Å². The Morgan fingerprint density at radius 2 is 1.77 bits per heavy atom. The monoisotopic (exact) mass is 425 g/mol. The number of amides is 3. The third kappa shape index (κ3) is 5.88. The molecule has 0 fully saturated rings. The van der Waals surface area contributed by atoms with Gasteiger partial charge in [-0.25, -0.2) is 9.18 Å². The lowest BCUT2D eigenvalue weighted by atomic mass is 9.92. The molecule has 0 aliphatic carbocycles. The number of carbonyl (C=O) groups excluding carboxylic acids is 2. The van der Waals surface area contributed by atoms with Crippen molar-refractivity contribution in [2.75, 3.05) is 10.6 Å². The Labute approximate surface area is 179 Å². The number of urea groups is 1. The quantitative estimate of drug-likeness (QED) is 0.550. The number of halogens is 1. The van der Waals surface area contributed by atoms with E-state index < -0.39 is 17.8 Å². The number of benzene rings is 1. The van der Waals surface area contributed by atoms with Crippen molar-refractivity contribution in [3.8, 4) is 0 Å². The highest BCUT2D eigenvalue weighted by atomic mass is 19.1. The highest BCUT2D eigenvalue weighted by molar-refractivity contribution is 5.99. The van der Waals surface area contributed by atoms with Crippen molar-refractivity contribution in [2.24, 2.45) is 5.73 Å². The van der Waals surface area contributed by atoms with Crippen LogP contribution in [0, 0.1) is 5.82 Å². The molecule has 3 rings (SSSR count). The number of anilines is 2. The minimum Gasteiger partial charge on any atom is -0.364 e. The summed E-state index contributed by atoms with van der Waals surface area (Å²) in [7, 11) is 0. The van der Waals surface area contributed by atoms with Gasteiger partial charge in [-0.1, -0.05) is 32.0 Å². The zero-order valence-corrected chi connectivity index (χ0v) is 17.5. The third-order valence-electron chi connectivity index (χ3n) is 4.58. The van der Waals surface area contributed by atoms with Crippen molar-refractivity contribution in [2.45, 2.75) is 39.0 Å². The molecular formula is C22H24FN5O3. The maximum absolute atomic E-state index is 14.5. The van der Waals surface area contributed by atoms with Crippen molar-refractivity contribution in [1.29, 1.82) is 0 Å². The molecule has 0 radical (unpaired) electrons. The topological polar surface area (TPSA) is 123 Å². The summed E-state index contributed by atoms with van der Waals surface area (Å²) in [5, 5.41) is 8.87. The van der Waals surface area contributed by atoms with E-state index in [0.29, 0.717) is 18.5 Å². The molecule has 31 heavy (non-hydrogen) atoms. The van der Waals surface area contributed by atoms with E-state index in [4.69, 9.17) is 10.3 Å². The lowest BCUT2D eigenvalue weighted by Crippen LogP contribution is -2.20. The molecule has 0 saturated carbocycles. The van der Waals surface area contributed by atoms with Gasteiger partial charge in [0.1, 0.15) is 11.5 Å². The number of nitrogens with two attached hydrogens (primary N) is 1. The van der Waals surface area contributed by atoms with Crippen LogP contribution in [-0.4, -0.2) is 22.1 Å². The zero-order valence-electron chi connectivity index (χ0n) is 17.5. The average molecular weight is 425 g/mol. The average Bonchev–Trinajstić information content (AvgIpc) is 3.17. The summed E-state index contributed by atoms with van der Waals surface area (Å²) in [6.45, 7) is 5.91. The Balaban J connectivity index is 1.59. The van der Waals surface area contributed by atoms with Gasteiger partial charge in [-0.15, -0.1) is 0 Å². The first kappa shape index (κ1) is 21.9. The predicted molar refractivity (Wildman–Crippen MR) is 114 cm³/mol. The van der Waals surface area contributed by atoms with Gasteiger partial charge in [0.15, 0.2) is 0 Å². The molecule has 0 unspecified atom stereocenters. The van der Waals surface area contributed by atoms with Gasteiger partial charge < -0.3 is 15.6 Å². The largest absolute Gasteiger partial charge is 0.364 e. The molecule has 9 heteroatoms. The second-order valence-corrected chi connectivity index (χ2v) is 8.13. The van der Waals surface area contributed by atoms with Crippen LogP contribution < -0.4 is 16.4 Å². The summed E-state index contributed by atoms with van der Waals surface area (Å²) in [6.07, 6.45) is 2.64. The predicted octanol–water partition coefficient (Wildman–Crippen LogP) is 4.03. The lowest BCUT2D eigenvalue weighted by Gasteiger charge is -2.12. The zero-order chi connectivity index (χ0) is 22.6. The summed E-state index contributed by atoms with van der Waals surface area (Å²) in [6, 6.07) is 8.96. The van der Waals surface area contributed by atoms with E-state index in [1.54, 1.807) is 24.3 Å². The third-order valence-corrected chi connectivity index (χ3v) is 4.58. The number of aromatic nitrogens is 2. The molecule has 8 nitrogen and oxygen atoms in total. The van der Waals surface area contributed by atoms with Crippen molar-refractivity contribution in [1.82, 2.24) is 10.1 Å². The van der Waals surface area contributed by atoms with Crippen LogP contribution in [0.1, 0.15) is 48.1 Å². The fourth-order valence-corrected chi connectivity index (χ4v) is 2.82. The number of nitrogens with one attached hydrogen (secondary N) is 2. The lowest BCUT2D eigenvalue weighted by molar-refractivity contribution is 0.0995. The van der Waals surface area contributed by atoms with E-state index in [1.165, 1.54) is 18.3 Å². The molecule has 0 bridgehead atoms. The molecule has 2 heterocycles. The summed E-state index contributed by atoms with van der Waals surface area (Å²) in [5.74, 6) is -0.984. The van der Waals surface area contributed by atoms with Crippen LogP contribution in [-0.2, 0) is 18.3 Å². The molecule has 0 spiro atoms. The molecule has 1 aromatic carbocycles. The number of nitrogens with zero attached hydrogens (tertiary/aromatic N) is 2. The second kappa shape index (κ2) is 8.95. The fraction of sp³-hybridized carbons (Fsp3) is 0.273. The van der Waals surface area contributed by atoms with Gasteiger partial charge in [0.05, 0.1) is 11.4 Å². The molecule has 0 atom stereocenters. The maximum Gasteiger partial charge on any atom is 0.326 e. The van der Waals surface area contributed by atoms with Gasteiger partial charge in [0.2, 0.25) is 5.88 Å². The minimum absolute atomic E-state index is 0.0386. The SMILES string of the molecule is CC(C)(C)c1cc(NC(=O)Nc2ccc(CCc3ccnc(C(N)=O)c3)cc2F)on1. The Kier molecular flexibility index (Phi) is 6.33. The maximum atomic E-state index is 14.5.